The molecule has 1 aliphatic rings. The Morgan fingerprint density at radius 2 is 2.08 bits per heavy atom. The van der Waals surface area contributed by atoms with E-state index in [-0.39, 0.29) is 18.0 Å². The molecule has 8 heteroatoms. The lowest BCUT2D eigenvalue weighted by molar-refractivity contribution is -0.116. The average Bonchev–Trinajstić information content (AvgIpc) is 3.13. The van der Waals surface area contributed by atoms with Crippen LogP contribution in [-0.2, 0) is 11.3 Å². The van der Waals surface area contributed by atoms with Crippen LogP contribution in [0, 0.1) is 0 Å². The molecule has 26 heavy (non-hydrogen) atoms. The van der Waals surface area contributed by atoms with Gasteiger partial charge in [0, 0.05) is 11.1 Å². The number of piperidine rings is 1. The van der Waals surface area contributed by atoms with Gasteiger partial charge in [-0.25, -0.2) is 9.97 Å². The zero-order valence-electron chi connectivity index (χ0n) is 14.1. The van der Waals surface area contributed by atoms with Crippen LogP contribution in [0.3, 0.4) is 0 Å². The van der Waals surface area contributed by atoms with Gasteiger partial charge in [0.2, 0.25) is 5.91 Å². The highest BCUT2D eigenvalue weighted by molar-refractivity contribution is 7.15. The largest absolute Gasteiger partial charge is 0.317 e. The molecule has 0 saturated carbocycles. The fourth-order valence-corrected chi connectivity index (χ4v) is 4.17. The number of amides is 1. The summed E-state index contributed by atoms with van der Waals surface area (Å²) in [7, 11) is 0. The molecule has 0 atom stereocenters. The van der Waals surface area contributed by atoms with Gasteiger partial charge in [0.1, 0.15) is 6.54 Å². The number of nitrogens with zero attached hydrogens (tertiary/aromatic N) is 3. The minimum Gasteiger partial charge on any atom is -0.317 e. The van der Waals surface area contributed by atoms with Gasteiger partial charge in [0.25, 0.3) is 5.56 Å². The summed E-state index contributed by atoms with van der Waals surface area (Å²) in [6.45, 7) is 1.95. The first-order valence-electron chi connectivity index (χ1n) is 8.61. The molecule has 0 unspecified atom stereocenters. The summed E-state index contributed by atoms with van der Waals surface area (Å²) >= 11 is 1.51. The molecular formula is C18H19N5O2S. The molecule has 2 N–H and O–H groups in total. The Balaban J connectivity index is 1.45. The van der Waals surface area contributed by atoms with E-state index in [1.807, 2.05) is 12.3 Å². The SMILES string of the molecule is O=C(Cn1cnc2ccccc2c1=O)Nc1ncc(C2CCNCC2)s1. The molecule has 134 valence electrons. The van der Waals surface area contributed by atoms with E-state index >= 15 is 0 Å². The van der Waals surface area contributed by atoms with Crippen molar-refractivity contribution < 1.29 is 4.79 Å². The molecule has 7 nitrogen and oxygen atoms in total. The summed E-state index contributed by atoms with van der Waals surface area (Å²) in [6.07, 6.45) is 5.44. The number of carbonyl (C=O) groups excluding carboxylic acids is 1. The lowest BCUT2D eigenvalue weighted by Crippen LogP contribution is -2.27. The van der Waals surface area contributed by atoms with E-state index in [1.165, 1.54) is 27.1 Å². The molecule has 0 radical (unpaired) electrons. The number of anilines is 1. The van der Waals surface area contributed by atoms with Crippen LogP contribution in [0.25, 0.3) is 10.9 Å². The quantitative estimate of drug-likeness (QED) is 0.734. The van der Waals surface area contributed by atoms with Crippen LogP contribution in [0.15, 0.2) is 41.6 Å². The van der Waals surface area contributed by atoms with Gasteiger partial charge < -0.3 is 10.6 Å². The molecular weight excluding hydrogens is 350 g/mol. The number of thiazole rings is 1. The molecule has 2 aromatic heterocycles. The molecule has 1 amide bonds. The van der Waals surface area contributed by atoms with Gasteiger partial charge in [0.15, 0.2) is 5.13 Å². The van der Waals surface area contributed by atoms with E-state index in [2.05, 4.69) is 20.6 Å². The third kappa shape index (κ3) is 3.51. The number of benzene rings is 1. The molecule has 1 saturated heterocycles. The van der Waals surface area contributed by atoms with Crippen molar-refractivity contribution in [3.63, 3.8) is 0 Å². The maximum Gasteiger partial charge on any atom is 0.261 e. The van der Waals surface area contributed by atoms with Crippen LogP contribution in [0.4, 0.5) is 5.13 Å². The van der Waals surface area contributed by atoms with Gasteiger partial charge in [-0.15, -0.1) is 11.3 Å². The Morgan fingerprint density at radius 1 is 1.27 bits per heavy atom. The fraction of sp³-hybridized carbons (Fsp3) is 0.333. The highest BCUT2D eigenvalue weighted by atomic mass is 32.1. The third-order valence-corrected chi connectivity index (χ3v) is 5.63. The number of para-hydroxylation sites is 1. The van der Waals surface area contributed by atoms with Crippen molar-refractivity contribution in [2.24, 2.45) is 0 Å². The first-order chi connectivity index (χ1) is 12.7. The van der Waals surface area contributed by atoms with E-state index in [9.17, 15) is 9.59 Å². The van der Waals surface area contributed by atoms with Crippen molar-refractivity contribution >= 4 is 33.3 Å². The molecule has 0 spiro atoms. The van der Waals surface area contributed by atoms with Crippen molar-refractivity contribution in [1.82, 2.24) is 19.9 Å². The number of aromatic nitrogens is 3. The summed E-state index contributed by atoms with van der Waals surface area (Å²) in [4.78, 5) is 34.5. The van der Waals surface area contributed by atoms with E-state index in [0.29, 0.717) is 22.0 Å². The van der Waals surface area contributed by atoms with E-state index in [4.69, 9.17) is 0 Å². The topological polar surface area (TPSA) is 88.9 Å². The normalized spacial score (nSPS) is 15.2. The van der Waals surface area contributed by atoms with Crippen molar-refractivity contribution in [1.29, 1.82) is 0 Å². The summed E-state index contributed by atoms with van der Waals surface area (Å²) in [6, 6.07) is 7.10. The Bertz CT molecular complexity index is 990. The highest BCUT2D eigenvalue weighted by Gasteiger charge is 2.18. The number of hydrogen-bond acceptors (Lipinski definition) is 6. The average molecular weight is 369 g/mol. The van der Waals surface area contributed by atoms with Crippen LogP contribution in [-0.4, -0.2) is 33.5 Å². The van der Waals surface area contributed by atoms with Crippen LogP contribution < -0.4 is 16.2 Å². The minimum atomic E-state index is -0.282. The predicted molar refractivity (Wildman–Crippen MR) is 102 cm³/mol. The standard InChI is InChI=1S/C18H19N5O2S/c24-16(10-23-11-21-14-4-2-1-3-13(14)17(23)25)22-18-20-9-15(26-18)12-5-7-19-8-6-12/h1-4,9,11-12,19H,5-8,10H2,(H,20,22,24). The number of carbonyl (C=O) groups is 1. The van der Waals surface area contributed by atoms with E-state index in [1.54, 1.807) is 18.2 Å². The van der Waals surface area contributed by atoms with Gasteiger partial charge in [-0.2, -0.15) is 0 Å². The smallest absolute Gasteiger partial charge is 0.261 e. The molecule has 1 aliphatic heterocycles. The lowest BCUT2D eigenvalue weighted by atomic mass is 9.97. The molecule has 3 heterocycles. The molecule has 1 aromatic carbocycles. The number of nitrogens with one attached hydrogen (secondary N) is 2. The second-order valence-electron chi connectivity index (χ2n) is 6.34. The van der Waals surface area contributed by atoms with Gasteiger partial charge in [0.05, 0.1) is 17.2 Å². The number of fused-ring (bicyclic) bond motifs is 1. The van der Waals surface area contributed by atoms with E-state index < -0.39 is 0 Å². The van der Waals surface area contributed by atoms with Gasteiger partial charge in [-0.1, -0.05) is 12.1 Å². The van der Waals surface area contributed by atoms with Gasteiger partial charge in [-0.05, 0) is 44.0 Å². The molecule has 3 aromatic rings. The number of rotatable bonds is 4. The molecule has 0 bridgehead atoms. The maximum atomic E-state index is 12.5. The molecule has 4 rings (SSSR count). The second-order valence-corrected chi connectivity index (χ2v) is 7.40. The molecule has 1 fully saturated rings. The Hall–Kier alpha value is -2.58. The predicted octanol–water partition coefficient (Wildman–Crippen LogP) is 1.96. The second kappa shape index (κ2) is 7.35. The van der Waals surface area contributed by atoms with Crippen molar-refractivity contribution in [3.05, 3.63) is 52.0 Å². The zero-order chi connectivity index (χ0) is 17.9. The Labute approximate surface area is 154 Å². The lowest BCUT2D eigenvalue weighted by Gasteiger charge is -2.20. The zero-order valence-corrected chi connectivity index (χ0v) is 15.0. The maximum absolute atomic E-state index is 12.5. The first kappa shape index (κ1) is 16.9. The monoisotopic (exact) mass is 369 g/mol. The van der Waals surface area contributed by atoms with Crippen LogP contribution >= 0.6 is 11.3 Å². The molecule has 0 aliphatic carbocycles. The van der Waals surface area contributed by atoms with Crippen LogP contribution in [0.2, 0.25) is 0 Å². The highest BCUT2D eigenvalue weighted by Crippen LogP contribution is 2.31. The summed E-state index contributed by atoms with van der Waals surface area (Å²) in [5.41, 5.74) is 0.404. The van der Waals surface area contributed by atoms with Crippen molar-refractivity contribution in [2.75, 3.05) is 18.4 Å². The Morgan fingerprint density at radius 3 is 2.92 bits per heavy atom. The van der Waals surface area contributed by atoms with Gasteiger partial charge in [-0.3, -0.25) is 14.2 Å². The third-order valence-electron chi connectivity index (χ3n) is 4.56. The van der Waals surface area contributed by atoms with Gasteiger partial charge >= 0.3 is 0 Å². The van der Waals surface area contributed by atoms with Crippen molar-refractivity contribution in [3.8, 4) is 0 Å². The summed E-state index contributed by atoms with van der Waals surface area (Å²) in [5, 5.41) is 7.21. The van der Waals surface area contributed by atoms with E-state index in [0.717, 1.165) is 25.9 Å². The van der Waals surface area contributed by atoms with Crippen LogP contribution in [0.5, 0.6) is 0 Å². The summed E-state index contributed by atoms with van der Waals surface area (Å²) in [5.74, 6) is 0.224. The number of hydrogen-bond donors (Lipinski definition) is 2. The minimum absolute atomic E-state index is 0.0844. The Kier molecular flexibility index (Phi) is 4.77. The fourth-order valence-electron chi connectivity index (χ4n) is 3.17. The van der Waals surface area contributed by atoms with Crippen LogP contribution in [0.1, 0.15) is 23.6 Å². The summed E-state index contributed by atoms with van der Waals surface area (Å²) < 4.78 is 1.32. The first-order valence-corrected chi connectivity index (χ1v) is 9.43. The van der Waals surface area contributed by atoms with Crippen molar-refractivity contribution in [2.45, 2.75) is 25.3 Å².